The molecule has 0 heterocycles. The van der Waals surface area contributed by atoms with Crippen molar-refractivity contribution in [1.82, 2.24) is 4.14 Å². The quantitative estimate of drug-likeness (QED) is 0.0981. The van der Waals surface area contributed by atoms with E-state index in [-0.39, 0.29) is 19.1 Å². The topological polar surface area (TPSA) is 3.24 Å². The Bertz CT molecular complexity index is 3190. The van der Waals surface area contributed by atoms with Crippen molar-refractivity contribution in [2.75, 3.05) is 0 Å². The second-order valence-electron chi connectivity index (χ2n) is 22.8. The first-order valence-electron chi connectivity index (χ1n) is 26.1. The summed E-state index contributed by atoms with van der Waals surface area (Å²) >= 11 is -5.61. The van der Waals surface area contributed by atoms with Gasteiger partial charge >= 0.3 is 439 Å². The van der Waals surface area contributed by atoms with Crippen LogP contribution in [0.4, 0.5) is 0 Å². The maximum absolute atomic E-state index is 9.54. The molecule has 10 rings (SSSR count). The van der Waals surface area contributed by atoms with E-state index >= 15 is 0 Å². The number of benzene rings is 8. The molecule has 0 saturated carbocycles. The van der Waals surface area contributed by atoms with E-state index < -0.39 is 32.6 Å². The molecule has 0 radical (unpaired) electrons. The predicted molar refractivity (Wildman–Crippen MR) is 317 cm³/mol. The third-order valence-electron chi connectivity index (χ3n) is 16.4. The van der Waals surface area contributed by atoms with Crippen LogP contribution in [0.5, 0.6) is 0 Å². The van der Waals surface area contributed by atoms with Crippen LogP contribution in [0.2, 0.25) is 39.3 Å². The summed E-state index contributed by atoms with van der Waals surface area (Å²) in [5, 5.41) is 5.03. The molecule has 359 valence electrons. The molecule has 71 heavy (non-hydrogen) atoms. The zero-order chi connectivity index (χ0) is 50.1. The first kappa shape index (κ1) is 50.2. The summed E-state index contributed by atoms with van der Waals surface area (Å²) in [4.78, 5) is 0.763. The van der Waals surface area contributed by atoms with E-state index in [4.69, 9.17) is 0 Å². The second-order valence-corrected chi connectivity index (χ2v) is 55.0. The molecule has 4 unspecified atom stereocenters. The molecule has 8 aromatic carbocycles. The zero-order valence-electron chi connectivity index (χ0n) is 43.5. The van der Waals surface area contributed by atoms with Crippen molar-refractivity contribution in [2.24, 2.45) is 11.8 Å². The molecule has 7 heteroatoms. The van der Waals surface area contributed by atoms with E-state index in [9.17, 15) is 17.0 Å². The Morgan fingerprint density at radius 2 is 0.746 bits per heavy atom. The van der Waals surface area contributed by atoms with Crippen LogP contribution in [0.15, 0.2) is 181 Å². The van der Waals surface area contributed by atoms with E-state index in [2.05, 4.69) is 253 Å². The molecule has 4 atom stereocenters. The molecule has 0 fully saturated rings. The minimum atomic E-state index is -5.61. The Kier molecular flexibility index (Phi) is 13.6. The summed E-state index contributed by atoms with van der Waals surface area (Å²) in [6.45, 7) is 24.7. The van der Waals surface area contributed by atoms with Crippen molar-refractivity contribution < 1.29 is 16.2 Å². The molecule has 8 aromatic rings. The second kappa shape index (κ2) is 19.2. The van der Waals surface area contributed by atoms with Crippen molar-refractivity contribution >= 4 is 72.1 Å². The average molecular weight is 1080 g/mol. The Balaban J connectivity index is 1.24. The third kappa shape index (κ3) is 8.83. The number of rotatable bonds is 14. The van der Waals surface area contributed by atoms with E-state index in [0.29, 0.717) is 0 Å². The molecule has 1 nitrogen and oxygen atoms in total. The molecule has 0 bridgehead atoms. The summed E-state index contributed by atoms with van der Waals surface area (Å²) < 4.78 is 2.77. The Labute approximate surface area is 435 Å². The predicted octanol–water partition coefficient (Wildman–Crippen LogP) is 19.6. The summed E-state index contributed by atoms with van der Waals surface area (Å²) in [6, 6.07) is 63.2. The van der Waals surface area contributed by atoms with Crippen LogP contribution in [0.1, 0.15) is 70.0 Å². The number of hydrogen-bond acceptors (Lipinski definition) is 1. The molecule has 0 amide bonds. The fourth-order valence-corrected chi connectivity index (χ4v) is 55.2. The van der Waals surface area contributed by atoms with Gasteiger partial charge in [0, 0.05) is 0 Å². The molecule has 2 aliphatic carbocycles. The van der Waals surface area contributed by atoms with Gasteiger partial charge in [-0.2, -0.15) is 0 Å². The van der Waals surface area contributed by atoms with Crippen molar-refractivity contribution in [1.29, 1.82) is 0 Å². The molecular formula is C64H69BCl2NSi2Zr. The molecule has 0 N–H and O–H groups in total. The third-order valence-corrected chi connectivity index (χ3v) is 43.3. The first-order chi connectivity index (χ1) is 33.9. The summed E-state index contributed by atoms with van der Waals surface area (Å²) in [7, 11) is 15.1. The molecule has 0 aromatic heterocycles. The average Bonchev–Trinajstić information content (AvgIpc) is 3.99. The fraction of sp³-hybridized carbons (Fsp3) is 0.250. The number of fused-ring (bicyclic) bond motifs is 4. The fourth-order valence-electron chi connectivity index (χ4n) is 12.9. The molecular weight excluding hydrogens is 1010 g/mol. The Hall–Kier alpha value is -4.32. The van der Waals surface area contributed by atoms with Crippen LogP contribution in [-0.2, 0) is 16.2 Å². The Morgan fingerprint density at radius 1 is 0.437 bits per heavy atom. The van der Waals surface area contributed by atoms with Gasteiger partial charge in [0.1, 0.15) is 0 Å². The molecule has 2 aliphatic rings. The van der Waals surface area contributed by atoms with Gasteiger partial charge in [-0.15, -0.1) is 0 Å². The monoisotopic (exact) mass is 1080 g/mol. The van der Waals surface area contributed by atoms with Crippen LogP contribution in [0, 0.1) is 11.8 Å². The van der Waals surface area contributed by atoms with Gasteiger partial charge in [0.25, 0.3) is 0 Å². The van der Waals surface area contributed by atoms with Gasteiger partial charge in [0.15, 0.2) is 0 Å². The maximum atomic E-state index is 9.54. The number of nitrogens with zero attached hydrogens (tertiary/aromatic N) is 1. The van der Waals surface area contributed by atoms with Gasteiger partial charge in [-0.3, -0.25) is 0 Å². The van der Waals surface area contributed by atoms with Crippen LogP contribution in [0.25, 0.3) is 78.2 Å². The SMILES string of the molecule is CCC(C)C1=Cc2c(-c3ccccc3-c3cccc4ccccc34)cccc2[CH]1[Zr]([Cl])([Cl])([BH]N([Si](C)(C)C)[Si](C)(C)C)[CH]1C(C(C)CC)=Cc2c(-c3ccccc3-c3cccc4ccccc34)cccc21. The van der Waals surface area contributed by atoms with Crippen LogP contribution in [-0.4, -0.2) is 25.6 Å². The van der Waals surface area contributed by atoms with Gasteiger partial charge in [-0.25, -0.2) is 0 Å². The van der Waals surface area contributed by atoms with E-state index in [1.807, 2.05) is 0 Å². The van der Waals surface area contributed by atoms with Crippen LogP contribution < -0.4 is 0 Å². The molecule has 0 aliphatic heterocycles. The van der Waals surface area contributed by atoms with Crippen LogP contribution >= 0.6 is 17.0 Å². The van der Waals surface area contributed by atoms with Crippen molar-refractivity contribution in [3.8, 4) is 44.5 Å². The Morgan fingerprint density at radius 3 is 1.13 bits per heavy atom. The van der Waals surface area contributed by atoms with Crippen molar-refractivity contribution in [3.63, 3.8) is 0 Å². The van der Waals surface area contributed by atoms with Gasteiger partial charge in [0.2, 0.25) is 0 Å². The summed E-state index contributed by atoms with van der Waals surface area (Å²) in [6.07, 6.45) is 7.17. The minimum absolute atomic E-state index is 0.0976. The van der Waals surface area contributed by atoms with Crippen LogP contribution in [0.3, 0.4) is 0 Å². The standard InChI is InChI=1S/2C29H25.C6H19BNSi2.2ClH.Zr/c2*1-3-20(2)23-18-22-12-9-17-28(29(22)19-23)27-15-7-6-14-26(27)25-16-8-11-21-10-4-5-13-24(21)25;1-9(2,3)8(7)10(4,5)6;;;/h2*4-20H,3H2,1-2H3;7H,1-6H3;2*1H;/q;;+1;;;+1/p-2. The summed E-state index contributed by atoms with van der Waals surface area (Å²) in [5.41, 5.74) is 18.1. The van der Waals surface area contributed by atoms with Gasteiger partial charge in [-0.05, 0) is 0 Å². The van der Waals surface area contributed by atoms with E-state index in [0.717, 1.165) is 17.8 Å². The number of halogens is 2. The van der Waals surface area contributed by atoms with Crippen molar-refractivity contribution in [2.45, 2.75) is 87.1 Å². The first-order valence-corrected chi connectivity index (χ1v) is 43.9. The number of hydrogen-bond donors (Lipinski definition) is 0. The summed E-state index contributed by atoms with van der Waals surface area (Å²) in [5.74, 6) is 0.559. The van der Waals surface area contributed by atoms with Gasteiger partial charge in [0.05, 0.1) is 0 Å². The normalized spacial score (nSPS) is 17.3. The molecule has 0 saturated heterocycles. The number of allylic oxidation sites excluding steroid dienone is 2. The molecule has 0 spiro atoms. The van der Waals surface area contributed by atoms with Crippen molar-refractivity contribution in [3.05, 3.63) is 203 Å². The van der Waals surface area contributed by atoms with Gasteiger partial charge in [-0.1, -0.05) is 0 Å². The van der Waals surface area contributed by atoms with E-state index in [1.165, 1.54) is 99.5 Å². The van der Waals surface area contributed by atoms with Gasteiger partial charge < -0.3 is 0 Å². The van der Waals surface area contributed by atoms with E-state index in [1.54, 1.807) is 0 Å². The zero-order valence-corrected chi connectivity index (χ0v) is 49.4.